The number of hydrogen-bond acceptors (Lipinski definition) is 1. The van der Waals surface area contributed by atoms with Crippen LogP contribution in [0.5, 0.6) is 0 Å². The first-order valence-corrected chi connectivity index (χ1v) is 5.11. The van der Waals surface area contributed by atoms with Crippen molar-refractivity contribution in [2.45, 2.75) is 53.0 Å². The topological polar surface area (TPSA) is 12.0 Å². The summed E-state index contributed by atoms with van der Waals surface area (Å²) in [5, 5.41) is 3.39. The van der Waals surface area contributed by atoms with Gasteiger partial charge in [0.2, 0.25) is 0 Å². The third kappa shape index (κ3) is 4.41. The Morgan fingerprint density at radius 1 is 1.27 bits per heavy atom. The first-order chi connectivity index (χ1) is 5.38. The number of nitrogens with one attached hydrogen (secondary N) is 1. The summed E-state index contributed by atoms with van der Waals surface area (Å²) in [4.78, 5) is 0. The lowest BCUT2D eigenvalue weighted by atomic mass is 10.3. The summed E-state index contributed by atoms with van der Waals surface area (Å²) in [6, 6.07) is 0.963. The van der Waals surface area contributed by atoms with E-state index in [0.717, 1.165) is 12.0 Å². The minimum atomic E-state index is 0.963. The second-order valence-corrected chi connectivity index (χ2v) is 3.05. The van der Waals surface area contributed by atoms with Crippen LogP contribution in [0.25, 0.3) is 0 Å². The minimum Gasteiger partial charge on any atom is -0.314 e. The molecule has 2 rings (SSSR count). The summed E-state index contributed by atoms with van der Waals surface area (Å²) in [6.07, 6.45) is 4.17. The molecular weight excluding hydrogens is 134 g/mol. The van der Waals surface area contributed by atoms with Crippen molar-refractivity contribution in [1.82, 2.24) is 5.32 Å². The van der Waals surface area contributed by atoms with Gasteiger partial charge in [0.05, 0.1) is 0 Å². The number of hydrogen-bond donors (Lipinski definition) is 1. The second kappa shape index (κ2) is 6.66. The van der Waals surface area contributed by atoms with Crippen LogP contribution in [-0.4, -0.2) is 12.6 Å². The maximum absolute atomic E-state index is 3.39. The fourth-order valence-electron chi connectivity index (χ4n) is 1.27. The van der Waals surface area contributed by atoms with E-state index in [1.807, 2.05) is 13.8 Å². The summed E-state index contributed by atoms with van der Waals surface area (Å²) in [5.74, 6) is 1.10. The lowest BCUT2D eigenvalue weighted by molar-refractivity contribution is 0.741. The molecule has 1 heterocycles. The Bertz CT molecular complexity index is 72.9. The van der Waals surface area contributed by atoms with Crippen molar-refractivity contribution >= 4 is 0 Å². The molecule has 0 aromatic carbocycles. The second-order valence-electron chi connectivity index (χ2n) is 3.05. The predicted octanol–water partition coefficient (Wildman–Crippen LogP) is 2.81. The molecule has 0 aromatic heterocycles. The van der Waals surface area contributed by atoms with Gasteiger partial charge in [-0.3, -0.25) is 0 Å². The Kier molecular flexibility index (Phi) is 6.63. The van der Waals surface area contributed by atoms with Gasteiger partial charge in [0, 0.05) is 6.04 Å². The largest absolute Gasteiger partial charge is 0.314 e. The van der Waals surface area contributed by atoms with Crippen LogP contribution in [0.1, 0.15) is 47.0 Å². The lowest BCUT2D eigenvalue weighted by Gasteiger charge is -1.86. The van der Waals surface area contributed by atoms with Crippen LogP contribution in [0.2, 0.25) is 0 Å². The quantitative estimate of drug-likeness (QED) is 0.570. The predicted molar refractivity (Wildman–Crippen MR) is 51.8 cm³/mol. The average Bonchev–Trinajstić information content (AvgIpc) is 2.65. The van der Waals surface area contributed by atoms with Gasteiger partial charge in [-0.25, -0.2) is 0 Å². The maximum atomic E-state index is 3.39. The molecule has 2 fully saturated rings. The molecule has 1 N–H and O–H groups in total. The zero-order chi connectivity index (χ0) is 8.69. The Morgan fingerprint density at radius 3 is 1.91 bits per heavy atom. The Balaban J connectivity index is 0.000000176. The van der Waals surface area contributed by atoms with Gasteiger partial charge in [0.1, 0.15) is 0 Å². The molecule has 0 spiro atoms. The Morgan fingerprint density at radius 2 is 1.82 bits per heavy atom. The van der Waals surface area contributed by atoms with Crippen LogP contribution >= 0.6 is 0 Å². The van der Waals surface area contributed by atoms with E-state index in [9.17, 15) is 0 Å². The van der Waals surface area contributed by atoms with Crippen molar-refractivity contribution in [1.29, 1.82) is 0 Å². The Hall–Kier alpha value is -0.0400. The van der Waals surface area contributed by atoms with Crippen LogP contribution in [-0.2, 0) is 0 Å². The molecule has 0 amide bonds. The third-order valence-electron chi connectivity index (χ3n) is 1.84. The maximum Gasteiger partial charge on any atom is 0.00996 e. The lowest BCUT2D eigenvalue weighted by Crippen LogP contribution is -2.10. The molecule has 11 heavy (non-hydrogen) atoms. The van der Waals surface area contributed by atoms with E-state index in [1.165, 1.54) is 25.8 Å². The molecule has 2 atom stereocenters. The summed E-state index contributed by atoms with van der Waals surface area (Å²) in [6.45, 7) is 9.54. The smallest absolute Gasteiger partial charge is 0.00996 e. The van der Waals surface area contributed by atoms with E-state index in [4.69, 9.17) is 0 Å². The highest BCUT2D eigenvalue weighted by Gasteiger charge is 2.40. The highest BCUT2D eigenvalue weighted by molar-refractivity contribution is 4.98. The van der Waals surface area contributed by atoms with Gasteiger partial charge in [0.15, 0.2) is 0 Å². The molecule has 0 bridgehead atoms. The minimum absolute atomic E-state index is 0.963. The Labute approximate surface area is 71.6 Å². The van der Waals surface area contributed by atoms with E-state index in [1.54, 1.807) is 0 Å². The van der Waals surface area contributed by atoms with Crippen LogP contribution in [0.15, 0.2) is 0 Å². The van der Waals surface area contributed by atoms with Crippen molar-refractivity contribution < 1.29 is 0 Å². The monoisotopic (exact) mass is 157 g/mol. The average molecular weight is 157 g/mol. The van der Waals surface area contributed by atoms with Crippen LogP contribution in [0.3, 0.4) is 0 Å². The van der Waals surface area contributed by atoms with Crippen molar-refractivity contribution in [2.24, 2.45) is 5.92 Å². The highest BCUT2D eigenvalue weighted by atomic mass is 15.0. The molecule has 2 unspecified atom stereocenters. The summed E-state index contributed by atoms with van der Waals surface area (Å²) < 4.78 is 0. The van der Waals surface area contributed by atoms with E-state index >= 15 is 0 Å². The van der Waals surface area contributed by atoms with Gasteiger partial charge < -0.3 is 5.32 Å². The molecule has 2 aliphatic rings. The zero-order valence-electron chi connectivity index (χ0n) is 8.48. The highest BCUT2D eigenvalue weighted by Crippen LogP contribution is 2.37. The first-order valence-electron chi connectivity index (χ1n) is 5.11. The van der Waals surface area contributed by atoms with E-state index in [0.29, 0.717) is 0 Å². The molecule has 1 saturated heterocycles. The van der Waals surface area contributed by atoms with Crippen LogP contribution in [0, 0.1) is 5.92 Å². The van der Waals surface area contributed by atoms with Crippen molar-refractivity contribution in [2.75, 3.05) is 6.54 Å². The zero-order valence-corrected chi connectivity index (χ0v) is 8.48. The third-order valence-corrected chi connectivity index (χ3v) is 1.84. The van der Waals surface area contributed by atoms with Gasteiger partial charge in [-0.2, -0.15) is 0 Å². The number of piperidine rings is 1. The molecule has 1 heteroatoms. The summed E-state index contributed by atoms with van der Waals surface area (Å²) in [7, 11) is 0. The fraction of sp³-hybridized carbons (Fsp3) is 1.00. The molecule has 1 aliphatic carbocycles. The molecule has 0 radical (unpaired) electrons. The molecule has 1 aliphatic heterocycles. The number of rotatable bonds is 0. The SMILES string of the molecule is C1CC2CC2N1.CC.CCC. The van der Waals surface area contributed by atoms with E-state index in [2.05, 4.69) is 19.2 Å². The van der Waals surface area contributed by atoms with E-state index < -0.39 is 0 Å². The molecule has 1 nitrogen and oxygen atoms in total. The van der Waals surface area contributed by atoms with Gasteiger partial charge in [-0.15, -0.1) is 0 Å². The molecular formula is C10H23N. The fourth-order valence-corrected chi connectivity index (χ4v) is 1.27. The number of fused-ring (bicyclic) bond motifs is 1. The van der Waals surface area contributed by atoms with Crippen molar-refractivity contribution in [3.8, 4) is 0 Å². The summed E-state index contributed by atoms with van der Waals surface area (Å²) in [5.41, 5.74) is 0. The summed E-state index contributed by atoms with van der Waals surface area (Å²) >= 11 is 0. The normalized spacial score (nSPS) is 30.5. The van der Waals surface area contributed by atoms with Crippen LogP contribution in [0.4, 0.5) is 0 Å². The van der Waals surface area contributed by atoms with Gasteiger partial charge in [0.25, 0.3) is 0 Å². The molecule has 0 aromatic rings. The first kappa shape index (κ1) is 11.0. The van der Waals surface area contributed by atoms with E-state index in [-0.39, 0.29) is 0 Å². The van der Waals surface area contributed by atoms with Gasteiger partial charge >= 0.3 is 0 Å². The molecule has 68 valence electrons. The van der Waals surface area contributed by atoms with Gasteiger partial charge in [-0.1, -0.05) is 34.1 Å². The van der Waals surface area contributed by atoms with Crippen molar-refractivity contribution in [3.63, 3.8) is 0 Å². The standard InChI is InChI=1S/C5H9N.C3H8.C2H6/c1-2-6-5-3-4(1)5;1-3-2;1-2/h4-6H,1-3H2;3H2,1-2H3;1-2H3. The van der Waals surface area contributed by atoms with Crippen molar-refractivity contribution in [3.05, 3.63) is 0 Å². The molecule has 1 saturated carbocycles. The van der Waals surface area contributed by atoms with Gasteiger partial charge in [-0.05, 0) is 25.3 Å². The van der Waals surface area contributed by atoms with Crippen LogP contribution < -0.4 is 5.32 Å².